The molecule has 2 rings (SSSR count). The normalized spacial score (nSPS) is 15.1. The number of aromatic hydroxyl groups is 1. The van der Waals surface area contributed by atoms with Gasteiger partial charge in [0, 0.05) is 13.1 Å². The average Bonchev–Trinajstić information content (AvgIpc) is 2.42. The number of nitrogens with zero attached hydrogens (tertiary/aromatic N) is 1. The summed E-state index contributed by atoms with van der Waals surface area (Å²) >= 11 is 0. The molecule has 102 valence electrons. The first-order valence-corrected chi connectivity index (χ1v) is 6.48. The third kappa shape index (κ3) is 3.24. The number of piperidine rings is 1. The molecule has 0 aromatic heterocycles. The number of carbonyl (C=O) groups excluding carboxylic acids is 2. The van der Waals surface area contributed by atoms with Gasteiger partial charge in [-0.1, -0.05) is 6.07 Å². The lowest BCUT2D eigenvalue weighted by atomic mass is 10.1. The van der Waals surface area contributed by atoms with E-state index in [4.69, 9.17) is 0 Å². The van der Waals surface area contributed by atoms with Crippen LogP contribution in [0.4, 0.5) is 5.69 Å². The number of carbonyl (C=O) groups is 2. The summed E-state index contributed by atoms with van der Waals surface area (Å²) in [5, 5.41) is 12.1. The van der Waals surface area contributed by atoms with Crippen LogP contribution in [0.15, 0.2) is 18.2 Å². The first-order chi connectivity index (χ1) is 9.08. The molecule has 1 aromatic carbocycles. The summed E-state index contributed by atoms with van der Waals surface area (Å²) < 4.78 is 0. The molecule has 5 heteroatoms. The minimum absolute atomic E-state index is 0.0280. The zero-order valence-corrected chi connectivity index (χ0v) is 11.0. The number of rotatable bonds is 1. The molecule has 0 unspecified atom stereocenters. The lowest BCUT2D eigenvalue weighted by Crippen LogP contribution is -2.42. The van der Waals surface area contributed by atoms with Crippen LogP contribution in [-0.4, -0.2) is 34.9 Å². The standard InChI is InChI=1S/C14H18N2O3/c1-10-5-6-11(12(17)9-10)15-13(18)14(19)16-7-3-2-4-8-16/h5-6,9,17H,2-4,7-8H2,1H3,(H,15,18). The summed E-state index contributed by atoms with van der Waals surface area (Å²) in [7, 11) is 0. The van der Waals surface area contributed by atoms with Crippen molar-refractivity contribution in [2.75, 3.05) is 18.4 Å². The molecule has 1 saturated heterocycles. The topological polar surface area (TPSA) is 69.6 Å². The van der Waals surface area contributed by atoms with Crippen molar-refractivity contribution in [3.8, 4) is 5.75 Å². The van der Waals surface area contributed by atoms with E-state index in [-0.39, 0.29) is 11.4 Å². The SMILES string of the molecule is Cc1ccc(NC(=O)C(=O)N2CCCCC2)c(O)c1. The van der Waals surface area contributed by atoms with Crippen LogP contribution in [-0.2, 0) is 9.59 Å². The van der Waals surface area contributed by atoms with Crippen LogP contribution < -0.4 is 5.32 Å². The van der Waals surface area contributed by atoms with E-state index in [1.165, 1.54) is 0 Å². The van der Waals surface area contributed by atoms with E-state index in [1.807, 2.05) is 6.92 Å². The Labute approximate surface area is 112 Å². The average molecular weight is 262 g/mol. The quantitative estimate of drug-likeness (QED) is 0.597. The lowest BCUT2D eigenvalue weighted by Gasteiger charge is -2.25. The van der Waals surface area contributed by atoms with Gasteiger partial charge in [-0.2, -0.15) is 0 Å². The molecule has 1 aliphatic heterocycles. The predicted octanol–water partition coefficient (Wildman–Crippen LogP) is 1.65. The van der Waals surface area contributed by atoms with Crippen molar-refractivity contribution >= 4 is 17.5 Å². The highest BCUT2D eigenvalue weighted by Gasteiger charge is 2.23. The second-order valence-electron chi connectivity index (χ2n) is 4.83. The number of phenols is 1. The number of anilines is 1. The highest BCUT2D eigenvalue weighted by Crippen LogP contribution is 2.23. The van der Waals surface area contributed by atoms with Gasteiger partial charge in [-0.05, 0) is 43.9 Å². The number of aryl methyl sites for hydroxylation is 1. The predicted molar refractivity (Wildman–Crippen MR) is 71.9 cm³/mol. The van der Waals surface area contributed by atoms with Crippen LogP contribution in [0.5, 0.6) is 5.75 Å². The Kier molecular flexibility index (Phi) is 4.04. The zero-order chi connectivity index (χ0) is 13.8. The van der Waals surface area contributed by atoms with Crippen LogP contribution in [0.25, 0.3) is 0 Å². The number of nitrogens with one attached hydrogen (secondary N) is 1. The number of hydrogen-bond donors (Lipinski definition) is 2. The third-order valence-electron chi connectivity index (χ3n) is 3.24. The van der Waals surface area contributed by atoms with Crippen molar-refractivity contribution in [1.29, 1.82) is 0 Å². The summed E-state index contributed by atoms with van der Waals surface area (Å²) in [6.45, 7) is 3.10. The van der Waals surface area contributed by atoms with E-state index >= 15 is 0 Å². The Hall–Kier alpha value is -2.04. The van der Waals surface area contributed by atoms with Gasteiger partial charge in [-0.25, -0.2) is 0 Å². The second-order valence-corrected chi connectivity index (χ2v) is 4.83. The zero-order valence-electron chi connectivity index (χ0n) is 11.0. The molecule has 2 N–H and O–H groups in total. The largest absolute Gasteiger partial charge is 0.506 e. The van der Waals surface area contributed by atoms with Crippen LogP contribution >= 0.6 is 0 Å². The molecule has 19 heavy (non-hydrogen) atoms. The van der Waals surface area contributed by atoms with Gasteiger partial charge in [-0.3, -0.25) is 9.59 Å². The Balaban J connectivity index is 2.01. The molecule has 0 spiro atoms. The molecule has 0 bridgehead atoms. The van der Waals surface area contributed by atoms with E-state index in [1.54, 1.807) is 23.1 Å². The van der Waals surface area contributed by atoms with Crippen LogP contribution in [0.2, 0.25) is 0 Å². The first kappa shape index (κ1) is 13.4. The third-order valence-corrected chi connectivity index (χ3v) is 3.24. The van der Waals surface area contributed by atoms with Crippen LogP contribution in [0.3, 0.4) is 0 Å². The van der Waals surface area contributed by atoms with Gasteiger partial charge in [0.2, 0.25) is 0 Å². The van der Waals surface area contributed by atoms with E-state index in [0.717, 1.165) is 24.8 Å². The molecule has 1 aromatic rings. The van der Waals surface area contributed by atoms with E-state index in [9.17, 15) is 14.7 Å². The van der Waals surface area contributed by atoms with Gasteiger partial charge >= 0.3 is 11.8 Å². The smallest absolute Gasteiger partial charge is 0.314 e. The van der Waals surface area contributed by atoms with Gasteiger partial charge in [0.15, 0.2) is 0 Å². The maximum Gasteiger partial charge on any atom is 0.314 e. The van der Waals surface area contributed by atoms with E-state index < -0.39 is 11.8 Å². The number of benzene rings is 1. The molecule has 0 aliphatic carbocycles. The van der Waals surface area contributed by atoms with E-state index in [0.29, 0.717) is 13.1 Å². The molecule has 0 saturated carbocycles. The highest BCUT2D eigenvalue weighted by molar-refractivity contribution is 6.39. The summed E-state index contributed by atoms with van der Waals surface area (Å²) in [4.78, 5) is 25.3. The molecule has 0 atom stereocenters. The maximum atomic E-state index is 11.9. The molecular weight excluding hydrogens is 244 g/mol. The monoisotopic (exact) mass is 262 g/mol. The Morgan fingerprint density at radius 1 is 1.21 bits per heavy atom. The molecule has 0 radical (unpaired) electrons. The Morgan fingerprint density at radius 2 is 1.89 bits per heavy atom. The van der Waals surface area contributed by atoms with Crippen molar-refractivity contribution in [3.63, 3.8) is 0 Å². The van der Waals surface area contributed by atoms with Crippen LogP contribution in [0.1, 0.15) is 24.8 Å². The Bertz CT molecular complexity index is 493. The van der Waals surface area contributed by atoms with Gasteiger partial charge in [0.05, 0.1) is 5.69 Å². The summed E-state index contributed by atoms with van der Waals surface area (Å²) in [5.41, 5.74) is 1.15. The number of phenolic OH excluding ortho intramolecular Hbond substituents is 1. The van der Waals surface area contributed by atoms with Crippen molar-refractivity contribution in [1.82, 2.24) is 4.90 Å². The Morgan fingerprint density at radius 3 is 2.53 bits per heavy atom. The fraction of sp³-hybridized carbons (Fsp3) is 0.429. The minimum atomic E-state index is -0.693. The second kappa shape index (κ2) is 5.73. The molecule has 1 fully saturated rings. The first-order valence-electron chi connectivity index (χ1n) is 6.48. The number of hydrogen-bond acceptors (Lipinski definition) is 3. The fourth-order valence-corrected chi connectivity index (χ4v) is 2.16. The van der Waals surface area contributed by atoms with Crippen molar-refractivity contribution < 1.29 is 14.7 Å². The van der Waals surface area contributed by atoms with Gasteiger partial charge in [0.1, 0.15) is 5.75 Å². The minimum Gasteiger partial charge on any atom is -0.506 e. The summed E-state index contributed by atoms with van der Waals surface area (Å²) in [6.07, 6.45) is 2.98. The summed E-state index contributed by atoms with van der Waals surface area (Å²) in [6, 6.07) is 4.90. The van der Waals surface area contributed by atoms with Gasteiger partial charge < -0.3 is 15.3 Å². The molecule has 2 amide bonds. The number of amides is 2. The van der Waals surface area contributed by atoms with Crippen LogP contribution in [0, 0.1) is 6.92 Å². The molecule has 1 heterocycles. The van der Waals surface area contributed by atoms with E-state index in [2.05, 4.69) is 5.32 Å². The summed E-state index contributed by atoms with van der Waals surface area (Å²) in [5.74, 6) is -1.25. The van der Waals surface area contributed by atoms with Gasteiger partial charge in [-0.15, -0.1) is 0 Å². The maximum absolute atomic E-state index is 11.9. The van der Waals surface area contributed by atoms with Crippen molar-refractivity contribution in [2.24, 2.45) is 0 Å². The fourth-order valence-electron chi connectivity index (χ4n) is 2.16. The van der Waals surface area contributed by atoms with Crippen molar-refractivity contribution in [2.45, 2.75) is 26.2 Å². The molecular formula is C14H18N2O3. The van der Waals surface area contributed by atoms with Crippen molar-refractivity contribution in [3.05, 3.63) is 23.8 Å². The van der Waals surface area contributed by atoms with Gasteiger partial charge in [0.25, 0.3) is 0 Å². The lowest BCUT2D eigenvalue weighted by molar-refractivity contribution is -0.143. The molecule has 5 nitrogen and oxygen atoms in total. The number of likely N-dealkylation sites (tertiary alicyclic amines) is 1. The molecule has 1 aliphatic rings. The highest BCUT2D eigenvalue weighted by atomic mass is 16.3.